The Bertz CT molecular complexity index is 447. The maximum Gasteiger partial charge on any atom is 0.256 e. The second-order valence-corrected chi connectivity index (χ2v) is 4.93. The molecule has 1 amide bonds. The van der Waals surface area contributed by atoms with Crippen molar-refractivity contribution >= 4 is 5.91 Å². The van der Waals surface area contributed by atoms with Crippen LogP contribution < -0.4 is 5.73 Å². The summed E-state index contributed by atoms with van der Waals surface area (Å²) >= 11 is 0. The number of amides is 1. The van der Waals surface area contributed by atoms with Crippen LogP contribution in [0.15, 0.2) is 18.2 Å². The molecule has 4 heteroatoms. The average Bonchev–Trinajstić information content (AvgIpc) is 2.41. The Morgan fingerprint density at radius 3 is 3.06 bits per heavy atom. The van der Waals surface area contributed by atoms with E-state index < -0.39 is 5.82 Å². The van der Waals surface area contributed by atoms with Crippen LogP contribution in [0.4, 0.5) is 4.39 Å². The summed E-state index contributed by atoms with van der Waals surface area (Å²) in [5.41, 5.74) is 6.33. The summed E-state index contributed by atoms with van der Waals surface area (Å²) in [5.74, 6) is -0.276. The molecule has 18 heavy (non-hydrogen) atoms. The van der Waals surface area contributed by atoms with Crippen molar-refractivity contribution in [2.45, 2.75) is 19.8 Å². The van der Waals surface area contributed by atoms with Crippen molar-refractivity contribution in [3.63, 3.8) is 0 Å². The van der Waals surface area contributed by atoms with Gasteiger partial charge in [0, 0.05) is 13.1 Å². The van der Waals surface area contributed by atoms with Gasteiger partial charge in [-0.2, -0.15) is 0 Å². The van der Waals surface area contributed by atoms with Crippen molar-refractivity contribution in [2.24, 2.45) is 11.7 Å². The van der Waals surface area contributed by atoms with Gasteiger partial charge in [0.1, 0.15) is 5.82 Å². The highest BCUT2D eigenvalue weighted by atomic mass is 19.1. The van der Waals surface area contributed by atoms with Gasteiger partial charge in [0.15, 0.2) is 0 Å². The summed E-state index contributed by atoms with van der Waals surface area (Å²) in [6.45, 7) is 3.59. The monoisotopic (exact) mass is 250 g/mol. The van der Waals surface area contributed by atoms with Gasteiger partial charge in [-0.15, -0.1) is 0 Å². The van der Waals surface area contributed by atoms with E-state index in [1.54, 1.807) is 30.0 Å². The van der Waals surface area contributed by atoms with Gasteiger partial charge >= 0.3 is 0 Å². The van der Waals surface area contributed by atoms with Crippen LogP contribution in [0.1, 0.15) is 28.8 Å². The van der Waals surface area contributed by atoms with Gasteiger partial charge in [0.05, 0.1) is 5.56 Å². The predicted octanol–water partition coefficient (Wildman–Crippen LogP) is 1.95. The Morgan fingerprint density at radius 1 is 1.56 bits per heavy atom. The summed E-state index contributed by atoms with van der Waals surface area (Å²) in [4.78, 5) is 14.0. The molecule has 1 unspecified atom stereocenters. The summed E-state index contributed by atoms with van der Waals surface area (Å²) in [5, 5.41) is 0. The van der Waals surface area contributed by atoms with Crippen LogP contribution in [0.25, 0.3) is 0 Å². The molecule has 1 aromatic carbocycles. The second kappa shape index (κ2) is 5.48. The second-order valence-electron chi connectivity index (χ2n) is 4.93. The first-order valence-electron chi connectivity index (χ1n) is 6.38. The molecular weight excluding hydrogens is 231 g/mol. The van der Waals surface area contributed by atoms with Gasteiger partial charge in [-0.25, -0.2) is 4.39 Å². The lowest BCUT2D eigenvalue weighted by Crippen LogP contribution is -2.42. The fraction of sp³-hybridized carbons (Fsp3) is 0.500. The highest BCUT2D eigenvalue weighted by Gasteiger charge is 2.25. The lowest BCUT2D eigenvalue weighted by molar-refractivity contribution is 0.0673. The van der Waals surface area contributed by atoms with Crippen molar-refractivity contribution in [3.8, 4) is 0 Å². The number of nitrogens with two attached hydrogens (primary N) is 1. The minimum absolute atomic E-state index is 0.174. The van der Waals surface area contributed by atoms with Crippen LogP contribution in [-0.4, -0.2) is 30.4 Å². The Balaban J connectivity index is 2.18. The SMILES string of the molecule is Cc1cccc(C(=O)N2CCCC(CN)C2)c1F. The van der Waals surface area contributed by atoms with Crippen LogP contribution in [0.2, 0.25) is 0 Å². The average molecular weight is 250 g/mol. The van der Waals surface area contributed by atoms with Gasteiger partial charge in [0.2, 0.25) is 0 Å². The predicted molar refractivity (Wildman–Crippen MR) is 68.8 cm³/mol. The molecule has 0 aliphatic carbocycles. The highest BCUT2D eigenvalue weighted by Crippen LogP contribution is 2.20. The zero-order chi connectivity index (χ0) is 13.1. The molecule has 0 aromatic heterocycles. The maximum absolute atomic E-state index is 13.9. The molecule has 1 atom stereocenters. The molecule has 0 radical (unpaired) electrons. The van der Waals surface area contributed by atoms with Crippen molar-refractivity contribution in [1.29, 1.82) is 0 Å². The highest BCUT2D eigenvalue weighted by molar-refractivity contribution is 5.94. The third-order valence-corrected chi connectivity index (χ3v) is 3.56. The molecule has 1 aliphatic heterocycles. The molecule has 0 spiro atoms. The lowest BCUT2D eigenvalue weighted by atomic mass is 9.97. The Morgan fingerprint density at radius 2 is 2.33 bits per heavy atom. The van der Waals surface area contributed by atoms with Crippen molar-refractivity contribution in [3.05, 3.63) is 35.1 Å². The van der Waals surface area contributed by atoms with Gasteiger partial charge in [-0.1, -0.05) is 12.1 Å². The smallest absolute Gasteiger partial charge is 0.256 e. The van der Waals surface area contributed by atoms with Gasteiger partial charge in [-0.05, 0) is 43.9 Å². The van der Waals surface area contributed by atoms with Crippen molar-refractivity contribution in [1.82, 2.24) is 4.90 Å². The zero-order valence-electron chi connectivity index (χ0n) is 10.7. The largest absolute Gasteiger partial charge is 0.338 e. The maximum atomic E-state index is 13.9. The zero-order valence-corrected chi connectivity index (χ0v) is 10.7. The molecule has 1 aromatic rings. The van der Waals surface area contributed by atoms with Crippen LogP contribution >= 0.6 is 0 Å². The van der Waals surface area contributed by atoms with Crippen LogP contribution in [0.3, 0.4) is 0 Å². The first-order chi connectivity index (χ1) is 8.63. The van der Waals surface area contributed by atoms with E-state index in [1.165, 1.54) is 0 Å². The summed E-state index contributed by atoms with van der Waals surface area (Å²) in [6, 6.07) is 4.94. The molecule has 1 saturated heterocycles. The van der Waals surface area contributed by atoms with Crippen LogP contribution in [0, 0.1) is 18.7 Å². The number of halogens is 1. The number of hydrogen-bond donors (Lipinski definition) is 1. The third-order valence-electron chi connectivity index (χ3n) is 3.56. The van der Waals surface area contributed by atoms with E-state index in [2.05, 4.69) is 0 Å². The lowest BCUT2D eigenvalue weighted by Gasteiger charge is -2.32. The molecule has 1 heterocycles. The molecule has 1 fully saturated rings. The standard InChI is InChI=1S/C14H19FN2O/c1-10-4-2-6-12(13(10)15)14(18)17-7-3-5-11(8-16)9-17/h2,4,6,11H,3,5,7-9,16H2,1H3. The summed E-state index contributed by atoms with van der Waals surface area (Å²) in [7, 11) is 0. The van der Waals surface area contributed by atoms with E-state index in [1.807, 2.05) is 0 Å². The molecule has 98 valence electrons. The Hall–Kier alpha value is -1.42. The molecule has 2 N–H and O–H groups in total. The number of piperidine rings is 1. The number of nitrogens with zero attached hydrogens (tertiary/aromatic N) is 1. The number of rotatable bonds is 2. The minimum Gasteiger partial charge on any atom is -0.338 e. The molecular formula is C14H19FN2O. The van der Waals surface area contributed by atoms with Crippen molar-refractivity contribution in [2.75, 3.05) is 19.6 Å². The topological polar surface area (TPSA) is 46.3 Å². The van der Waals surface area contributed by atoms with E-state index in [4.69, 9.17) is 5.73 Å². The first kappa shape index (κ1) is 13.0. The molecule has 0 bridgehead atoms. The van der Waals surface area contributed by atoms with E-state index in [0.29, 0.717) is 31.1 Å². The number of carbonyl (C=O) groups is 1. The fourth-order valence-electron chi connectivity index (χ4n) is 2.42. The molecule has 0 saturated carbocycles. The number of benzene rings is 1. The van der Waals surface area contributed by atoms with Gasteiger partial charge in [0.25, 0.3) is 5.91 Å². The van der Waals surface area contributed by atoms with Crippen LogP contribution in [0.5, 0.6) is 0 Å². The van der Waals surface area contributed by atoms with E-state index >= 15 is 0 Å². The summed E-state index contributed by atoms with van der Waals surface area (Å²) in [6.07, 6.45) is 2.00. The van der Waals surface area contributed by atoms with Crippen LogP contribution in [-0.2, 0) is 0 Å². The molecule has 1 aliphatic rings. The van der Waals surface area contributed by atoms with E-state index in [9.17, 15) is 9.18 Å². The molecule has 3 nitrogen and oxygen atoms in total. The number of hydrogen-bond acceptors (Lipinski definition) is 2. The third kappa shape index (κ3) is 2.53. The van der Waals surface area contributed by atoms with E-state index in [-0.39, 0.29) is 11.5 Å². The summed E-state index contributed by atoms with van der Waals surface area (Å²) < 4.78 is 13.9. The number of carbonyl (C=O) groups excluding carboxylic acids is 1. The number of aryl methyl sites for hydroxylation is 1. The van der Waals surface area contributed by atoms with Gasteiger partial charge in [-0.3, -0.25) is 4.79 Å². The van der Waals surface area contributed by atoms with Crippen molar-refractivity contribution < 1.29 is 9.18 Å². The Kier molecular flexibility index (Phi) is 3.97. The quantitative estimate of drug-likeness (QED) is 0.872. The van der Waals surface area contributed by atoms with E-state index in [0.717, 1.165) is 12.8 Å². The minimum atomic E-state index is -0.405. The Labute approximate surface area is 107 Å². The van der Waals surface area contributed by atoms with Gasteiger partial charge < -0.3 is 10.6 Å². The first-order valence-corrected chi connectivity index (χ1v) is 6.38. The fourth-order valence-corrected chi connectivity index (χ4v) is 2.42. The normalized spacial score (nSPS) is 19.9. The molecule has 2 rings (SSSR count). The number of likely N-dealkylation sites (tertiary alicyclic amines) is 1.